The summed E-state index contributed by atoms with van der Waals surface area (Å²) in [4.78, 5) is 23.8. The Morgan fingerprint density at radius 1 is 1.16 bits per heavy atom. The molecule has 1 fully saturated rings. The highest BCUT2D eigenvalue weighted by atomic mass is 16.4. The summed E-state index contributed by atoms with van der Waals surface area (Å²) in [6.07, 6.45) is 8.12. The van der Waals surface area contributed by atoms with E-state index < -0.39 is 11.9 Å². The maximum atomic E-state index is 12.4. The van der Waals surface area contributed by atoms with Crippen LogP contribution in [0, 0.1) is 5.92 Å². The first kappa shape index (κ1) is 17.2. The van der Waals surface area contributed by atoms with E-state index in [2.05, 4.69) is 10.4 Å². The largest absolute Gasteiger partial charge is 0.481 e. The van der Waals surface area contributed by atoms with Gasteiger partial charge < -0.3 is 10.4 Å². The minimum atomic E-state index is -0.809. The van der Waals surface area contributed by atoms with Crippen LogP contribution < -0.4 is 5.32 Å². The molecule has 6 heteroatoms. The predicted molar refractivity (Wildman–Crippen MR) is 93.4 cm³/mol. The third-order valence-corrected chi connectivity index (χ3v) is 4.75. The van der Waals surface area contributed by atoms with Crippen LogP contribution in [0.3, 0.4) is 0 Å². The van der Waals surface area contributed by atoms with Crippen molar-refractivity contribution in [3.63, 3.8) is 0 Å². The topological polar surface area (TPSA) is 84.2 Å². The molecular formula is C19H23N3O3. The Kier molecular flexibility index (Phi) is 5.48. The van der Waals surface area contributed by atoms with Gasteiger partial charge in [0.2, 0.25) is 5.91 Å². The smallest absolute Gasteiger partial charge is 0.308 e. The van der Waals surface area contributed by atoms with E-state index in [9.17, 15) is 14.7 Å². The first-order valence-corrected chi connectivity index (χ1v) is 8.74. The fourth-order valence-electron chi connectivity index (χ4n) is 3.41. The molecule has 1 aromatic heterocycles. The number of nitrogens with one attached hydrogen (secondary N) is 1. The molecule has 2 atom stereocenters. The van der Waals surface area contributed by atoms with E-state index in [1.54, 1.807) is 10.9 Å². The molecular weight excluding hydrogens is 318 g/mol. The van der Waals surface area contributed by atoms with Gasteiger partial charge >= 0.3 is 5.97 Å². The molecule has 3 rings (SSSR count). The van der Waals surface area contributed by atoms with E-state index in [1.165, 1.54) is 0 Å². The summed E-state index contributed by atoms with van der Waals surface area (Å²) in [5.74, 6) is -1.41. The Morgan fingerprint density at radius 3 is 2.60 bits per heavy atom. The second kappa shape index (κ2) is 7.96. The SMILES string of the molecule is O=C(Cc1ccc(-n2cccn2)cc1)N[C@H]1CCCCC[C@@H]1C(=O)O. The van der Waals surface area contributed by atoms with Crippen molar-refractivity contribution in [2.45, 2.75) is 44.6 Å². The van der Waals surface area contributed by atoms with Gasteiger partial charge in [-0.15, -0.1) is 0 Å². The number of benzene rings is 1. The first-order chi connectivity index (χ1) is 12.1. The summed E-state index contributed by atoms with van der Waals surface area (Å²) in [5.41, 5.74) is 1.83. The van der Waals surface area contributed by atoms with Crippen molar-refractivity contribution in [1.82, 2.24) is 15.1 Å². The summed E-state index contributed by atoms with van der Waals surface area (Å²) < 4.78 is 1.76. The third kappa shape index (κ3) is 4.47. The highest BCUT2D eigenvalue weighted by Crippen LogP contribution is 2.24. The summed E-state index contributed by atoms with van der Waals surface area (Å²) in [7, 11) is 0. The lowest BCUT2D eigenvalue weighted by Crippen LogP contribution is -2.43. The van der Waals surface area contributed by atoms with Gasteiger partial charge in [-0.2, -0.15) is 5.10 Å². The van der Waals surface area contributed by atoms with Crippen molar-refractivity contribution >= 4 is 11.9 Å². The molecule has 0 spiro atoms. The Morgan fingerprint density at radius 2 is 1.92 bits per heavy atom. The molecule has 6 nitrogen and oxygen atoms in total. The summed E-state index contributed by atoms with van der Waals surface area (Å²) in [6.45, 7) is 0. The molecule has 1 heterocycles. The van der Waals surface area contributed by atoms with Crippen LogP contribution >= 0.6 is 0 Å². The number of nitrogens with zero attached hydrogens (tertiary/aromatic N) is 2. The molecule has 0 unspecified atom stereocenters. The molecule has 0 saturated heterocycles. The van der Waals surface area contributed by atoms with Crippen molar-refractivity contribution in [3.05, 3.63) is 48.3 Å². The van der Waals surface area contributed by atoms with Crippen LogP contribution in [0.15, 0.2) is 42.7 Å². The predicted octanol–water partition coefficient (Wildman–Crippen LogP) is 2.56. The number of rotatable bonds is 5. The molecule has 0 radical (unpaired) electrons. The van der Waals surface area contributed by atoms with E-state index in [-0.39, 0.29) is 18.4 Å². The number of hydrogen-bond donors (Lipinski definition) is 2. The van der Waals surface area contributed by atoms with Gasteiger partial charge in [0.1, 0.15) is 0 Å². The first-order valence-electron chi connectivity index (χ1n) is 8.74. The Labute approximate surface area is 146 Å². The number of aromatic nitrogens is 2. The highest BCUT2D eigenvalue weighted by Gasteiger charge is 2.30. The fourth-order valence-corrected chi connectivity index (χ4v) is 3.41. The summed E-state index contributed by atoms with van der Waals surface area (Å²) >= 11 is 0. The minimum Gasteiger partial charge on any atom is -0.481 e. The molecule has 0 bridgehead atoms. The highest BCUT2D eigenvalue weighted by molar-refractivity contribution is 5.80. The molecule has 1 amide bonds. The number of hydrogen-bond acceptors (Lipinski definition) is 3. The van der Waals surface area contributed by atoms with Gasteiger partial charge in [0, 0.05) is 18.4 Å². The van der Waals surface area contributed by atoms with Crippen molar-refractivity contribution in [1.29, 1.82) is 0 Å². The van der Waals surface area contributed by atoms with E-state index in [0.717, 1.165) is 36.9 Å². The van der Waals surface area contributed by atoms with Gasteiger partial charge in [0.05, 0.1) is 18.0 Å². The monoisotopic (exact) mass is 341 g/mol. The van der Waals surface area contributed by atoms with Crippen LogP contribution in [0.2, 0.25) is 0 Å². The molecule has 2 N–H and O–H groups in total. The van der Waals surface area contributed by atoms with Crippen molar-refractivity contribution in [2.24, 2.45) is 5.92 Å². The van der Waals surface area contributed by atoms with Crippen LogP contribution in [-0.4, -0.2) is 32.8 Å². The van der Waals surface area contributed by atoms with E-state index in [4.69, 9.17) is 0 Å². The standard InChI is InChI=1S/C19H23N3O3/c23-18(21-17-6-3-1-2-5-16(17)19(24)25)13-14-7-9-15(10-8-14)22-12-4-11-20-22/h4,7-12,16-17H,1-3,5-6,13H2,(H,21,23)(H,24,25)/t16-,17-/m0/s1. The van der Waals surface area contributed by atoms with Gasteiger partial charge in [0.25, 0.3) is 0 Å². The lowest BCUT2D eigenvalue weighted by molar-refractivity contribution is -0.143. The molecule has 25 heavy (non-hydrogen) atoms. The normalized spacial score (nSPS) is 20.6. The van der Waals surface area contributed by atoms with E-state index in [1.807, 2.05) is 36.5 Å². The zero-order valence-corrected chi connectivity index (χ0v) is 14.1. The quantitative estimate of drug-likeness (QED) is 0.819. The molecule has 1 aliphatic carbocycles. The van der Waals surface area contributed by atoms with Gasteiger partial charge in [0.15, 0.2) is 0 Å². The second-order valence-electron chi connectivity index (χ2n) is 6.55. The Balaban J connectivity index is 1.60. The fraction of sp³-hybridized carbons (Fsp3) is 0.421. The molecule has 1 saturated carbocycles. The number of carbonyl (C=O) groups is 2. The molecule has 1 aliphatic rings. The van der Waals surface area contributed by atoms with Crippen molar-refractivity contribution < 1.29 is 14.7 Å². The lowest BCUT2D eigenvalue weighted by Gasteiger charge is -2.23. The molecule has 1 aromatic carbocycles. The van der Waals surface area contributed by atoms with Crippen LogP contribution in [-0.2, 0) is 16.0 Å². The lowest BCUT2D eigenvalue weighted by atomic mass is 9.94. The molecule has 132 valence electrons. The maximum Gasteiger partial charge on any atom is 0.308 e. The minimum absolute atomic E-state index is 0.120. The zero-order chi connectivity index (χ0) is 17.6. The summed E-state index contributed by atoms with van der Waals surface area (Å²) in [6, 6.07) is 9.22. The molecule has 2 aromatic rings. The van der Waals surface area contributed by atoms with Gasteiger partial charge in [-0.25, -0.2) is 4.68 Å². The Bertz CT molecular complexity index is 710. The average molecular weight is 341 g/mol. The number of carboxylic acids is 1. The number of carbonyl (C=O) groups excluding carboxylic acids is 1. The van der Waals surface area contributed by atoms with Crippen molar-refractivity contribution in [2.75, 3.05) is 0 Å². The number of carboxylic acid groups (broad SMARTS) is 1. The summed E-state index contributed by atoms with van der Waals surface area (Å²) in [5, 5.41) is 16.5. The average Bonchev–Trinajstić information content (AvgIpc) is 3.02. The van der Waals surface area contributed by atoms with Gasteiger partial charge in [-0.05, 0) is 36.6 Å². The molecule has 0 aliphatic heterocycles. The maximum absolute atomic E-state index is 12.4. The van der Waals surface area contributed by atoms with Crippen LogP contribution in [0.5, 0.6) is 0 Å². The third-order valence-electron chi connectivity index (χ3n) is 4.75. The van der Waals surface area contributed by atoms with Gasteiger partial charge in [-0.1, -0.05) is 31.4 Å². The zero-order valence-electron chi connectivity index (χ0n) is 14.1. The van der Waals surface area contributed by atoms with Crippen LogP contribution in [0.1, 0.15) is 37.7 Å². The van der Waals surface area contributed by atoms with E-state index >= 15 is 0 Å². The number of amides is 1. The van der Waals surface area contributed by atoms with Gasteiger partial charge in [-0.3, -0.25) is 9.59 Å². The Hall–Kier alpha value is -2.63. The van der Waals surface area contributed by atoms with Crippen LogP contribution in [0.4, 0.5) is 0 Å². The van der Waals surface area contributed by atoms with Crippen molar-refractivity contribution in [3.8, 4) is 5.69 Å². The van der Waals surface area contributed by atoms with E-state index in [0.29, 0.717) is 6.42 Å². The second-order valence-corrected chi connectivity index (χ2v) is 6.55. The number of aliphatic carboxylic acids is 1. The van der Waals surface area contributed by atoms with Crippen LogP contribution in [0.25, 0.3) is 5.69 Å².